The molecular formula is C11H19N3. The summed E-state index contributed by atoms with van der Waals surface area (Å²) in [5.41, 5.74) is 0. The molecule has 3 nitrogen and oxygen atoms in total. The van der Waals surface area contributed by atoms with E-state index in [1.807, 2.05) is 19.3 Å². The molecule has 0 aromatic carbocycles. The Bertz CT molecular complexity index is 276. The van der Waals surface area contributed by atoms with Crippen LogP contribution in [-0.4, -0.2) is 22.6 Å². The summed E-state index contributed by atoms with van der Waals surface area (Å²) >= 11 is 0. The van der Waals surface area contributed by atoms with Crippen molar-refractivity contribution in [1.82, 2.24) is 14.9 Å². The number of aryl methyl sites for hydroxylation is 1. The molecule has 1 aromatic rings. The SMILES string of the molecule is Cc1nccn1CCNCC1CCC1. The molecule has 0 atom stereocenters. The zero-order chi connectivity index (χ0) is 9.80. The van der Waals surface area contributed by atoms with Crippen molar-refractivity contribution in [1.29, 1.82) is 0 Å². The molecular weight excluding hydrogens is 174 g/mol. The van der Waals surface area contributed by atoms with Gasteiger partial charge in [0.05, 0.1) is 0 Å². The van der Waals surface area contributed by atoms with Crippen molar-refractivity contribution >= 4 is 0 Å². The van der Waals surface area contributed by atoms with Crippen LogP contribution in [0.3, 0.4) is 0 Å². The van der Waals surface area contributed by atoms with Crippen molar-refractivity contribution in [2.24, 2.45) is 5.92 Å². The lowest BCUT2D eigenvalue weighted by Crippen LogP contribution is -2.29. The zero-order valence-electron chi connectivity index (χ0n) is 8.87. The lowest BCUT2D eigenvalue weighted by molar-refractivity contribution is 0.300. The Balaban J connectivity index is 1.60. The van der Waals surface area contributed by atoms with Crippen molar-refractivity contribution in [3.05, 3.63) is 18.2 Å². The largest absolute Gasteiger partial charge is 0.334 e. The molecule has 3 heteroatoms. The molecule has 1 aliphatic rings. The topological polar surface area (TPSA) is 29.9 Å². The average Bonchev–Trinajstić information content (AvgIpc) is 2.48. The molecule has 1 heterocycles. The van der Waals surface area contributed by atoms with Crippen LogP contribution in [0.2, 0.25) is 0 Å². The first-order valence-corrected chi connectivity index (χ1v) is 5.55. The minimum absolute atomic E-state index is 0.957. The van der Waals surface area contributed by atoms with E-state index in [1.54, 1.807) is 0 Å². The Labute approximate surface area is 85.5 Å². The first kappa shape index (κ1) is 9.71. The molecule has 1 aliphatic carbocycles. The van der Waals surface area contributed by atoms with Crippen LogP contribution in [0.15, 0.2) is 12.4 Å². The van der Waals surface area contributed by atoms with E-state index >= 15 is 0 Å². The van der Waals surface area contributed by atoms with Gasteiger partial charge in [-0.2, -0.15) is 0 Å². The minimum Gasteiger partial charge on any atom is -0.334 e. The van der Waals surface area contributed by atoms with Crippen LogP contribution in [0.5, 0.6) is 0 Å². The number of aromatic nitrogens is 2. The van der Waals surface area contributed by atoms with E-state index in [-0.39, 0.29) is 0 Å². The molecule has 0 amide bonds. The third-order valence-corrected chi connectivity index (χ3v) is 3.11. The highest BCUT2D eigenvalue weighted by Crippen LogP contribution is 2.24. The summed E-state index contributed by atoms with van der Waals surface area (Å²) < 4.78 is 2.19. The summed E-state index contributed by atoms with van der Waals surface area (Å²) in [6.07, 6.45) is 8.20. The minimum atomic E-state index is 0.957. The maximum absolute atomic E-state index is 4.19. The van der Waals surface area contributed by atoms with Gasteiger partial charge >= 0.3 is 0 Å². The Morgan fingerprint density at radius 2 is 2.43 bits per heavy atom. The Morgan fingerprint density at radius 1 is 1.57 bits per heavy atom. The third-order valence-electron chi connectivity index (χ3n) is 3.11. The van der Waals surface area contributed by atoms with Gasteiger partial charge in [-0.05, 0) is 32.2 Å². The summed E-state index contributed by atoms with van der Waals surface area (Å²) in [7, 11) is 0. The van der Waals surface area contributed by atoms with Crippen LogP contribution in [0.25, 0.3) is 0 Å². The van der Waals surface area contributed by atoms with E-state index in [0.29, 0.717) is 0 Å². The Morgan fingerprint density at radius 3 is 3.00 bits per heavy atom. The lowest BCUT2D eigenvalue weighted by Gasteiger charge is -2.25. The van der Waals surface area contributed by atoms with E-state index in [1.165, 1.54) is 25.8 Å². The molecule has 0 unspecified atom stereocenters. The maximum atomic E-state index is 4.19. The molecule has 78 valence electrons. The van der Waals surface area contributed by atoms with Gasteiger partial charge in [0.2, 0.25) is 0 Å². The molecule has 0 bridgehead atoms. The van der Waals surface area contributed by atoms with Crippen LogP contribution in [0.1, 0.15) is 25.1 Å². The molecule has 1 fully saturated rings. The van der Waals surface area contributed by atoms with Crippen molar-refractivity contribution in [2.45, 2.75) is 32.7 Å². The number of hydrogen-bond donors (Lipinski definition) is 1. The van der Waals surface area contributed by atoms with Gasteiger partial charge in [-0.1, -0.05) is 6.42 Å². The van der Waals surface area contributed by atoms with E-state index in [2.05, 4.69) is 14.9 Å². The molecule has 1 saturated carbocycles. The van der Waals surface area contributed by atoms with E-state index in [9.17, 15) is 0 Å². The van der Waals surface area contributed by atoms with Crippen LogP contribution < -0.4 is 5.32 Å². The monoisotopic (exact) mass is 193 g/mol. The summed E-state index contributed by atoms with van der Waals surface area (Å²) in [6.45, 7) is 5.35. The fourth-order valence-corrected chi connectivity index (χ4v) is 1.84. The Kier molecular flexibility index (Phi) is 3.19. The predicted octanol–water partition coefficient (Wildman–Crippen LogP) is 1.58. The fraction of sp³-hybridized carbons (Fsp3) is 0.727. The normalized spacial score (nSPS) is 16.9. The number of nitrogens with one attached hydrogen (secondary N) is 1. The second-order valence-electron chi connectivity index (χ2n) is 4.17. The maximum Gasteiger partial charge on any atom is 0.105 e. The number of rotatable bonds is 5. The van der Waals surface area contributed by atoms with Gasteiger partial charge in [0.15, 0.2) is 0 Å². The van der Waals surface area contributed by atoms with Gasteiger partial charge in [0.1, 0.15) is 5.82 Å². The van der Waals surface area contributed by atoms with Crippen LogP contribution >= 0.6 is 0 Å². The van der Waals surface area contributed by atoms with Gasteiger partial charge in [-0.15, -0.1) is 0 Å². The van der Waals surface area contributed by atoms with E-state index < -0.39 is 0 Å². The van der Waals surface area contributed by atoms with Crippen LogP contribution in [-0.2, 0) is 6.54 Å². The van der Waals surface area contributed by atoms with Crippen LogP contribution in [0, 0.1) is 12.8 Å². The quantitative estimate of drug-likeness (QED) is 0.720. The first-order chi connectivity index (χ1) is 6.86. The van der Waals surface area contributed by atoms with E-state index in [4.69, 9.17) is 0 Å². The molecule has 0 saturated heterocycles. The molecule has 1 aromatic heterocycles. The summed E-state index contributed by atoms with van der Waals surface area (Å²) in [5, 5.41) is 3.50. The van der Waals surface area contributed by atoms with Gasteiger partial charge in [-0.25, -0.2) is 4.98 Å². The van der Waals surface area contributed by atoms with Gasteiger partial charge in [0, 0.05) is 25.5 Å². The van der Waals surface area contributed by atoms with Crippen molar-refractivity contribution in [3.63, 3.8) is 0 Å². The number of nitrogens with zero attached hydrogens (tertiary/aromatic N) is 2. The highest BCUT2D eigenvalue weighted by Gasteiger charge is 2.15. The third kappa shape index (κ3) is 2.35. The Hall–Kier alpha value is -0.830. The standard InChI is InChI=1S/C11H19N3/c1-10-13-6-8-14(10)7-5-12-9-11-3-2-4-11/h6,8,11-12H,2-5,7,9H2,1H3. The van der Waals surface area contributed by atoms with Crippen molar-refractivity contribution in [2.75, 3.05) is 13.1 Å². The zero-order valence-corrected chi connectivity index (χ0v) is 8.87. The molecule has 1 N–H and O–H groups in total. The summed E-state index contributed by atoms with van der Waals surface area (Å²) in [4.78, 5) is 4.19. The molecule has 0 radical (unpaired) electrons. The van der Waals surface area contributed by atoms with Gasteiger partial charge < -0.3 is 9.88 Å². The second kappa shape index (κ2) is 4.60. The lowest BCUT2D eigenvalue weighted by atomic mass is 9.85. The molecule has 2 rings (SSSR count). The fourth-order valence-electron chi connectivity index (χ4n) is 1.84. The number of hydrogen-bond acceptors (Lipinski definition) is 2. The average molecular weight is 193 g/mol. The van der Waals surface area contributed by atoms with E-state index in [0.717, 1.165) is 24.8 Å². The number of imidazole rings is 1. The highest BCUT2D eigenvalue weighted by atomic mass is 15.1. The van der Waals surface area contributed by atoms with Crippen molar-refractivity contribution < 1.29 is 0 Å². The molecule has 0 aliphatic heterocycles. The van der Waals surface area contributed by atoms with Gasteiger partial charge in [-0.3, -0.25) is 0 Å². The first-order valence-electron chi connectivity index (χ1n) is 5.55. The van der Waals surface area contributed by atoms with Crippen LogP contribution in [0.4, 0.5) is 0 Å². The highest BCUT2D eigenvalue weighted by molar-refractivity contribution is 4.88. The summed E-state index contributed by atoms with van der Waals surface area (Å²) in [6, 6.07) is 0. The van der Waals surface area contributed by atoms with Gasteiger partial charge in [0.25, 0.3) is 0 Å². The molecule has 14 heavy (non-hydrogen) atoms. The van der Waals surface area contributed by atoms with Crippen molar-refractivity contribution in [3.8, 4) is 0 Å². The smallest absolute Gasteiger partial charge is 0.105 e. The second-order valence-corrected chi connectivity index (χ2v) is 4.17. The summed E-state index contributed by atoms with van der Waals surface area (Å²) in [5.74, 6) is 2.06. The predicted molar refractivity (Wildman–Crippen MR) is 57.2 cm³/mol. The molecule has 0 spiro atoms.